The second-order valence-electron chi connectivity index (χ2n) is 7.83. The standard InChI is InChI=1S/C20H26FN5O3S/c21-18-6-4-17(5-7-18)12-23-8-3-9-25(16-23)20(27)14-24-13-19(22-15-24)30(28,29)26-10-1-2-11-26/h4-7,13,15H,1-3,8-12,14,16H2. The average Bonchev–Trinajstić information content (AvgIpc) is 3.43. The van der Waals surface area contributed by atoms with E-state index in [2.05, 4.69) is 9.88 Å². The number of hydrogen-bond acceptors (Lipinski definition) is 5. The van der Waals surface area contributed by atoms with Crippen LogP contribution in [0.4, 0.5) is 4.39 Å². The molecule has 0 bridgehead atoms. The maximum Gasteiger partial charge on any atom is 0.262 e. The van der Waals surface area contributed by atoms with Crippen LogP contribution in [0.2, 0.25) is 0 Å². The van der Waals surface area contributed by atoms with Crippen molar-refractivity contribution in [2.45, 2.75) is 37.4 Å². The molecule has 1 aromatic heterocycles. The van der Waals surface area contributed by atoms with Gasteiger partial charge in [0, 0.05) is 38.9 Å². The molecule has 3 heterocycles. The molecule has 2 aliphatic heterocycles. The van der Waals surface area contributed by atoms with E-state index in [-0.39, 0.29) is 23.3 Å². The van der Waals surface area contributed by atoms with Crippen molar-refractivity contribution in [1.82, 2.24) is 23.7 Å². The number of hydrogen-bond donors (Lipinski definition) is 0. The van der Waals surface area contributed by atoms with E-state index in [9.17, 15) is 17.6 Å². The first-order valence-electron chi connectivity index (χ1n) is 10.2. The summed E-state index contributed by atoms with van der Waals surface area (Å²) in [5.74, 6) is -0.345. The van der Waals surface area contributed by atoms with Crippen LogP contribution >= 0.6 is 0 Å². The molecule has 0 spiro atoms. The second kappa shape index (κ2) is 8.83. The number of halogens is 1. The Morgan fingerprint density at radius 3 is 2.50 bits per heavy atom. The SMILES string of the molecule is O=C(Cn1cnc(S(=O)(=O)N2CCCC2)c1)N1CCCN(Cc2ccc(F)cc2)C1. The molecule has 0 radical (unpaired) electrons. The van der Waals surface area contributed by atoms with Gasteiger partial charge in [-0.2, -0.15) is 4.31 Å². The first kappa shape index (κ1) is 21.0. The van der Waals surface area contributed by atoms with E-state index in [1.54, 1.807) is 17.0 Å². The molecular weight excluding hydrogens is 409 g/mol. The fourth-order valence-electron chi connectivity index (χ4n) is 3.92. The summed E-state index contributed by atoms with van der Waals surface area (Å²) in [5.41, 5.74) is 0.997. The Balaban J connectivity index is 1.35. The third-order valence-electron chi connectivity index (χ3n) is 5.54. The molecule has 2 saturated heterocycles. The van der Waals surface area contributed by atoms with Crippen LogP contribution in [0.3, 0.4) is 0 Å². The third-order valence-corrected chi connectivity index (χ3v) is 7.33. The second-order valence-corrected chi connectivity index (χ2v) is 9.71. The lowest BCUT2D eigenvalue weighted by Crippen LogP contribution is -2.48. The van der Waals surface area contributed by atoms with Gasteiger partial charge in [-0.1, -0.05) is 12.1 Å². The summed E-state index contributed by atoms with van der Waals surface area (Å²) in [5, 5.41) is -0.00576. The number of sulfonamides is 1. The van der Waals surface area contributed by atoms with Gasteiger partial charge in [0.05, 0.1) is 13.0 Å². The molecule has 0 unspecified atom stereocenters. The monoisotopic (exact) mass is 435 g/mol. The Hall–Kier alpha value is -2.30. The summed E-state index contributed by atoms with van der Waals surface area (Å²) in [7, 11) is -3.58. The molecule has 4 rings (SSSR count). The van der Waals surface area contributed by atoms with E-state index >= 15 is 0 Å². The molecule has 2 aliphatic rings. The number of amides is 1. The van der Waals surface area contributed by atoms with Gasteiger partial charge in [-0.15, -0.1) is 0 Å². The number of carbonyl (C=O) groups is 1. The lowest BCUT2D eigenvalue weighted by Gasteiger charge is -2.35. The van der Waals surface area contributed by atoms with Gasteiger partial charge in [-0.3, -0.25) is 9.69 Å². The fraction of sp³-hybridized carbons (Fsp3) is 0.500. The highest BCUT2D eigenvalue weighted by Gasteiger charge is 2.29. The molecule has 10 heteroatoms. The average molecular weight is 436 g/mol. The maximum absolute atomic E-state index is 13.1. The van der Waals surface area contributed by atoms with Gasteiger partial charge in [0.25, 0.3) is 10.0 Å². The van der Waals surface area contributed by atoms with Gasteiger partial charge in [-0.25, -0.2) is 17.8 Å². The minimum atomic E-state index is -3.58. The van der Waals surface area contributed by atoms with Crippen LogP contribution < -0.4 is 0 Å². The highest BCUT2D eigenvalue weighted by atomic mass is 32.2. The van der Waals surface area contributed by atoms with E-state index in [4.69, 9.17) is 0 Å². The van der Waals surface area contributed by atoms with Crippen LogP contribution in [0.5, 0.6) is 0 Å². The third kappa shape index (κ3) is 4.71. The molecule has 8 nitrogen and oxygen atoms in total. The molecule has 162 valence electrons. The highest BCUT2D eigenvalue weighted by molar-refractivity contribution is 7.89. The Labute approximate surface area is 175 Å². The van der Waals surface area contributed by atoms with Crippen molar-refractivity contribution < 1.29 is 17.6 Å². The number of benzene rings is 1. The molecule has 0 aliphatic carbocycles. The highest BCUT2D eigenvalue weighted by Crippen LogP contribution is 2.19. The van der Waals surface area contributed by atoms with Gasteiger partial charge in [0.15, 0.2) is 5.03 Å². The van der Waals surface area contributed by atoms with Gasteiger partial charge in [0.1, 0.15) is 12.4 Å². The van der Waals surface area contributed by atoms with Crippen LogP contribution in [0.15, 0.2) is 41.8 Å². The van der Waals surface area contributed by atoms with Crippen molar-refractivity contribution in [2.75, 3.05) is 32.8 Å². The first-order valence-corrected chi connectivity index (χ1v) is 11.6. The topological polar surface area (TPSA) is 78.7 Å². The van der Waals surface area contributed by atoms with Crippen LogP contribution in [-0.2, 0) is 27.9 Å². The quantitative estimate of drug-likeness (QED) is 0.687. The number of carbonyl (C=O) groups excluding carboxylic acids is 1. The summed E-state index contributed by atoms with van der Waals surface area (Å²) >= 11 is 0. The lowest BCUT2D eigenvalue weighted by molar-refractivity contribution is -0.136. The van der Waals surface area contributed by atoms with Crippen molar-refractivity contribution in [3.63, 3.8) is 0 Å². The zero-order valence-corrected chi connectivity index (χ0v) is 17.6. The van der Waals surface area contributed by atoms with Crippen LogP contribution in [0, 0.1) is 5.82 Å². The van der Waals surface area contributed by atoms with Crippen molar-refractivity contribution in [1.29, 1.82) is 0 Å². The lowest BCUT2D eigenvalue weighted by atomic mass is 10.2. The van der Waals surface area contributed by atoms with Gasteiger partial charge in [-0.05, 0) is 37.0 Å². The van der Waals surface area contributed by atoms with Gasteiger partial charge >= 0.3 is 0 Å². The largest absolute Gasteiger partial charge is 0.328 e. The number of rotatable bonds is 6. The summed E-state index contributed by atoms with van der Waals surface area (Å²) < 4.78 is 41.3. The zero-order valence-electron chi connectivity index (χ0n) is 16.8. The van der Waals surface area contributed by atoms with Gasteiger partial charge < -0.3 is 9.47 Å². The van der Waals surface area contributed by atoms with E-state index in [0.29, 0.717) is 32.8 Å². The Morgan fingerprint density at radius 1 is 1.03 bits per heavy atom. The summed E-state index contributed by atoms with van der Waals surface area (Å²) in [6.07, 6.45) is 5.42. The van der Waals surface area contributed by atoms with E-state index < -0.39 is 10.0 Å². The normalized spacial score (nSPS) is 18.8. The number of imidazole rings is 1. The van der Waals surface area contributed by atoms with Gasteiger partial charge in [0.2, 0.25) is 5.91 Å². The van der Waals surface area contributed by atoms with Crippen LogP contribution in [0.25, 0.3) is 0 Å². The predicted molar refractivity (Wildman–Crippen MR) is 108 cm³/mol. The molecule has 1 aromatic carbocycles. The van der Waals surface area contributed by atoms with E-state index in [1.807, 2.05) is 0 Å². The maximum atomic E-state index is 13.1. The van der Waals surface area contributed by atoms with Crippen molar-refractivity contribution >= 4 is 15.9 Å². The molecule has 2 aromatic rings. The molecule has 1 amide bonds. The number of aromatic nitrogens is 2. The Kier molecular flexibility index (Phi) is 6.16. The number of nitrogens with zero attached hydrogens (tertiary/aromatic N) is 5. The van der Waals surface area contributed by atoms with Crippen LogP contribution in [0.1, 0.15) is 24.8 Å². The van der Waals surface area contributed by atoms with Crippen molar-refractivity contribution in [3.8, 4) is 0 Å². The molecule has 0 atom stereocenters. The van der Waals surface area contributed by atoms with Crippen molar-refractivity contribution in [2.24, 2.45) is 0 Å². The summed E-state index contributed by atoms with van der Waals surface area (Å²) in [6, 6.07) is 6.39. The Bertz CT molecular complexity index is 986. The predicted octanol–water partition coefficient (Wildman–Crippen LogP) is 1.50. The minimum Gasteiger partial charge on any atom is -0.328 e. The van der Waals surface area contributed by atoms with E-state index in [0.717, 1.165) is 31.4 Å². The fourth-order valence-corrected chi connectivity index (χ4v) is 5.38. The molecule has 0 saturated carbocycles. The van der Waals surface area contributed by atoms with Crippen molar-refractivity contribution in [3.05, 3.63) is 48.2 Å². The molecule has 2 fully saturated rings. The minimum absolute atomic E-state index is 0.00576. The summed E-state index contributed by atoms with van der Waals surface area (Å²) in [6.45, 7) is 3.75. The molecule has 0 N–H and O–H groups in total. The Morgan fingerprint density at radius 2 is 1.77 bits per heavy atom. The smallest absolute Gasteiger partial charge is 0.262 e. The zero-order chi connectivity index (χ0) is 21.1. The first-order chi connectivity index (χ1) is 14.4. The van der Waals surface area contributed by atoms with E-state index in [1.165, 1.54) is 33.5 Å². The molecule has 30 heavy (non-hydrogen) atoms. The molecular formula is C20H26FN5O3S. The van der Waals surface area contributed by atoms with Crippen LogP contribution in [-0.4, -0.2) is 70.8 Å². The summed E-state index contributed by atoms with van der Waals surface area (Å²) in [4.78, 5) is 20.7.